The molecule has 0 bridgehead atoms. The molecule has 31 heavy (non-hydrogen) atoms. The zero-order valence-electron chi connectivity index (χ0n) is 17.4. The van der Waals surface area contributed by atoms with E-state index in [0.717, 1.165) is 35.4 Å². The largest absolute Gasteiger partial charge is 0.309 e. The lowest BCUT2D eigenvalue weighted by molar-refractivity contribution is -0.116. The average Bonchev–Trinajstić information content (AvgIpc) is 2.82. The zero-order chi connectivity index (χ0) is 21.3. The Morgan fingerprint density at radius 3 is 2.06 bits per heavy atom. The molecule has 4 heteroatoms. The number of aryl methyl sites for hydroxylation is 1. The van der Waals surface area contributed by atoms with E-state index in [1.165, 1.54) is 5.56 Å². The Hall–Kier alpha value is -3.79. The van der Waals surface area contributed by atoms with Crippen molar-refractivity contribution in [3.8, 4) is 11.3 Å². The van der Waals surface area contributed by atoms with Gasteiger partial charge in [-0.3, -0.25) is 4.79 Å². The van der Waals surface area contributed by atoms with Gasteiger partial charge in [0.2, 0.25) is 5.91 Å². The Morgan fingerprint density at radius 1 is 0.774 bits per heavy atom. The number of anilines is 1. The van der Waals surface area contributed by atoms with Crippen LogP contribution in [-0.2, 0) is 17.6 Å². The molecule has 0 saturated heterocycles. The molecule has 0 aliphatic heterocycles. The monoisotopic (exact) mass is 407 g/mol. The van der Waals surface area contributed by atoms with Crippen molar-refractivity contribution >= 4 is 11.7 Å². The first-order chi connectivity index (χ1) is 15.3. The van der Waals surface area contributed by atoms with Crippen LogP contribution in [0.1, 0.15) is 29.7 Å². The molecule has 0 spiro atoms. The summed E-state index contributed by atoms with van der Waals surface area (Å²) in [5, 5.41) is 2.98. The van der Waals surface area contributed by atoms with Crippen molar-refractivity contribution in [3.63, 3.8) is 0 Å². The summed E-state index contributed by atoms with van der Waals surface area (Å²) in [6.45, 7) is 0. The molecular formula is C27H25N3O. The smallest absolute Gasteiger partial charge is 0.225 e. The van der Waals surface area contributed by atoms with Gasteiger partial charge in [0.05, 0.1) is 17.6 Å². The first-order valence-corrected chi connectivity index (χ1v) is 10.6. The van der Waals surface area contributed by atoms with Crippen molar-refractivity contribution in [2.24, 2.45) is 0 Å². The van der Waals surface area contributed by atoms with E-state index in [4.69, 9.17) is 4.98 Å². The topological polar surface area (TPSA) is 54.9 Å². The Morgan fingerprint density at radius 2 is 1.39 bits per heavy atom. The first-order valence-electron chi connectivity index (χ1n) is 10.6. The minimum Gasteiger partial charge on any atom is -0.309 e. The maximum Gasteiger partial charge on any atom is 0.225 e. The molecule has 1 N–H and O–H groups in total. The third kappa shape index (κ3) is 5.86. The van der Waals surface area contributed by atoms with Gasteiger partial charge < -0.3 is 5.32 Å². The molecule has 0 fully saturated rings. The number of amides is 1. The fraction of sp³-hybridized carbons (Fsp3) is 0.148. The van der Waals surface area contributed by atoms with E-state index in [2.05, 4.69) is 34.6 Å². The van der Waals surface area contributed by atoms with Crippen molar-refractivity contribution in [2.45, 2.75) is 25.7 Å². The first kappa shape index (κ1) is 20.5. The molecular weight excluding hydrogens is 382 g/mol. The van der Waals surface area contributed by atoms with Crippen LogP contribution in [0.25, 0.3) is 11.3 Å². The van der Waals surface area contributed by atoms with Crippen molar-refractivity contribution in [3.05, 3.63) is 114 Å². The van der Waals surface area contributed by atoms with Crippen LogP contribution in [0.3, 0.4) is 0 Å². The van der Waals surface area contributed by atoms with Gasteiger partial charge in [0.25, 0.3) is 0 Å². The minimum absolute atomic E-state index is 0.0352. The molecule has 4 nitrogen and oxygen atoms in total. The second-order valence-corrected chi connectivity index (χ2v) is 7.47. The number of carbonyl (C=O) groups is 1. The fourth-order valence-electron chi connectivity index (χ4n) is 3.48. The summed E-state index contributed by atoms with van der Waals surface area (Å²) in [6.07, 6.45) is 4.45. The Kier molecular flexibility index (Phi) is 6.81. The molecule has 154 valence electrons. The van der Waals surface area contributed by atoms with Gasteiger partial charge in [-0.25, -0.2) is 9.97 Å². The van der Waals surface area contributed by atoms with Crippen LogP contribution in [-0.4, -0.2) is 15.9 Å². The van der Waals surface area contributed by atoms with Gasteiger partial charge in [0.1, 0.15) is 0 Å². The second kappa shape index (κ2) is 10.3. The minimum atomic E-state index is -0.0352. The fourth-order valence-corrected chi connectivity index (χ4v) is 3.48. The molecule has 0 saturated carbocycles. The molecule has 0 aliphatic rings. The third-order valence-electron chi connectivity index (χ3n) is 5.10. The number of hydrogen-bond donors (Lipinski definition) is 1. The van der Waals surface area contributed by atoms with Crippen LogP contribution in [0.2, 0.25) is 0 Å². The van der Waals surface area contributed by atoms with E-state index in [0.29, 0.717) is 18.7 Å². The van der Waals surface area contributed by atoms with Crippen molar-refractivity contribution in [1.82, 2.24) is 9.97 Å². The van der Waals surface area contributed by atoms with E-state index < -0.39 is 0 Å². The quantitative estimate of drug-likeness (QED) is 0.408. The van der Waals surface area contributed by atoms with Crippen LogP contribution >= 0.6 is 0 Å². The zero-order valence-corrected chi connectivity index (χ0v) is 17.4. The predicted molar refractivity (Wildman–Crippen MR) is 125 cm³/mol. The normalized spacial score (nSPS) is 10.6. The summed E-state index contributed by atoms with van der Waals surface area (Å²) < 4.78 is 0. The Bertz CT molecular complexity index is 1110. The molecule has 4 rings (SSSR count). The number of nitrogens with zero attached hydrogens (tertiary/aromatic N) is 2. The average molecular weight is 408 g/mol. The van der Waals surface area contributed by atoms with Crippen LogP contribution in [0.15, 0.2) is 97.2 Å². The number of hydrogen-bond acceptors (Lipinski definition) is 3. The van der Waals surface area contributed by atoms with Gasteiger partial charge in [-0.1, -0.05) is 91.0 Å². The van der Waals surface area contributed by atoms with E-state index in [1.54, 1.807) is 6.20 Å². The standard InChI is InChI=1S/C27H25N3O/c31-26(18-10-15-21-11-4-1-5-12-21)30-27-24(19-22-13-6-2-7-14-22)29-25(20-28-27)23-16-8-3-9-17-23/h1-9,11-14,16-17,20H,10,15,18-19H2,(H,28,30,31). The molecule has 0 aliphatic carbocycles. The van der Waals surface area contributed by atoms with E-state index in [9.17, 15) is 4.79 Å². The predicted octanol–water partition coefficient (Wildman–Crippen LogP) is 5.70. The molecule has 4 aromatic rings. The van der Waals surface area contributed by atoms with Crippen molar-refractivity contribution in [1.29, 1.82) is 0 Å². The lowest BCUT2D eigenvalue weighted by atomic mass is 10.1. The molecule has 1 heterocycles. The molecule has 1 amide bonds. The van der Waals surface area contributed by atoms with Crippen LogP contribution in [0, 0.1) is 0 Å². The lowest BCUT2D eigenvalue weighted by Gasteiger charge is -2.12. The molecule has 0 atom stereocenters. The van der Waals surface area contributed by atoms with Gasteiger partial charge in [0.15, 0.2) is 5.82 Å². The molecule has 0 radical (unpaired) electrons. The van der Waals surface area contributed by atoms with E-state index >= 15 is 0 Å². The van der Waals surface area contributed by atoms with Crippen molar-refractivity contribution in [2.75, 3.05) is 5.32 Å². The van der Waals surface area contributed by atoms with Gasteiger partial charge >= 0.3 is 0 Å². The molecule has 3 aromatic carbocycles. The van der Waals surface area contributed by atoms with Gasteiger partial charge in [-0.2, -0.15) is 0 Å². The summed E-state index contributed by atoms with van der Waals surface area (Å²) in [5.74, 6) is 0.500. The van der Waals surface area contributed by atoms with Crippen LogP contribution in [0.4, 0.5) is 5.82 Å². The Balaban J connectivity index is 1.49. The summed E-state index contributed by atoms with van der Waals surface area (Å²) in [4.78, 5) is 22.0. The van der Waals surface area contributed by atoms with Gasteiger partial charge in [-0.15, -0.1) is 0 Å². The summed E-state index contributed by atoms with van der Waals surface area (Å²) >= 11 is 0. The number of carbonyl (C=O) groups excluding carboxylic acids is 1. The summed E-state index contributed by atoms with van der Waals surface area (Å²) in [6, 6.07) is 30.3. The highest BCUT2D eigenvalue weighted by atomic mass is 16.1. The molecule has 1 aromatic heterocycles. The second-order valence-electron chi connectivity index (χ2n) is 7.47. The summed E-state index contributed by atoms with van der Waals surface area (Å²) in [5.41, 5.74) is 4.94. The van der Waals surface area contributed by atoms with Crippen LogP contribution in [0.5, 0.6) is 0 Å². The van der Waals surface area contributed by atoms with Gasteiger partial charge in [-0.05, 0) is 24.0 Å². The SMILES string of the molecule is O=C(CCCc1ccccc1)Nc1ncc(-c2ccccc2)nc1Cc1ccccc1. The number of nitrogens with one attached hydrogen (secondary N) is 1. The highest BCUT2D eigenvalue weighted by molar-refractivity contribution is 5.90. The Labute approximate surface area is 183 Å². The highest BCUT2D eigenvalue weighted by Gasteiger charge is 2.13. The maximum absolute atomic E-state index is 12.6. The van der Waals surface area contributed by atoms with E-state index in [-0.39, 0.29) is 5.91 Å². The van der Waals surface area contributed by atoms with Crippen LogP contribution < -0.4 is 5.32 Å². The lowest BCUT2D eigenvalue weighted by Crippen LogP contribution is -2.15. The highest BCUT2D eigenvalue weighted by Crippen LogP contribution is 2.22. The maximum atomic E-state index is 12.6. The number of rotatable bonds is 8. The van der Waals surface area contributed by atoms with Gasteiger partial charge in [0, 0.05) is 18.4 Å². The molecule has 0 unspecified atom stereocenters. The number of aromatic nitrogens is 2. The van der Waals surface area contributed by atoms with E-state index in [1.807, 2.05) is 66.7 Å². The summed E-state index contributed by atoms with van der Waals surface area (Å²) in [7, 11) is 0. The van der Waals surface area contributed by atoms with Crippen molar-refractivity contribution < 1.29 is 4.79 Å². The number of benzene rings is 3. The third-order valence-corrected chi connectivity index (χ3v) is 5.10.